The average molecular weight is 280 g/mol. The Balaban J connectivity index is 2.77. The lowest BCUT2D eigenvalue weighted by Gasteiger charge is -2.19. The second kappa shape index (κ2) is 7.01. The van der Waals surface area contributed by atoms with Crippen LogP contribution in [0.15, 0.2) is 18.2 Å². The Kier molecular flexibility index (Phi) is 5.65. The van der Waals surface area contributed by atoms with Crippen molar-refractivity contribution in [1.29, 1.82) is 5.26 Å². The van der Waals surface area contributed by atoms with E-state index in [0.717, 1.165) is 6.42 Å². The molecule has 0 aliphatic carbocycles. The van der Waals surface area contributed by atoms with E-state index in [9.17, 15) is 4.79 Å². The lowest BCUT2D eigenvalue weighted by atomic mass is 10.1. The fraction of sp³-hybridized carbons (Fsp3) is 0.429. The van der Waals surface area contributed by atoms with Gasteiger partial charge in [-0.3, -0.25) is 4.79 Å². The van der Waals surface area contributed by atoms with Gasteiger partial charge in [0.15, 0.2) is 0 Å². The number of carbonyl (C=O) groups is 1. The maximum Gasteiger partial charge on any atom is 0.242 e. The van der Waals surface area contributed by atoms with Gasteiger partial charge in [0, 0.05) is 11.1 Å². The first kappa shape index (κ1) is 15.3. The molecule has 2 unspecified atom stereocenters. The molecule has 0 saturated heterocycles. The molecular formula is C14H18ClN3O. The van der Waals surface area contributed by atoms with Crippen LogP contribution in [0.3, 0.4) is 0 Å². The van der Waals surface area contributed by atoms with Crippen molar-refractivity contribution in [3.63, 3.8) is 0 Å². The molecule has 19 heavy (non-hydrogen) atoms. The second-order valence-electron chi connectivity index (χ2n) is 4.49. The van der Waals surface area contributed by atoms with Crippen LogP contribution in [0.2, 0.25) is 5.02 Å². The summed E-state index contributed by atoms with van der Waals surface area (Å²) in [5.41, 5.74) is 1.04. The summed E-state index contributed by atoms with van der Waals surface area (Å²) in [4.78, 5) is 11.9. The summed E-state index contributed by atoms with van der Waals surface area (Å²) in [6.07, 6.45) is 0.874. The Morgan fingerprint density at radius 1 is 1.47 bits per heavy atom. The molecule has 0 bridgehead atoms. The maximum absolute atomic E-state index is 11.9. The highest BCUT2D eigenvalue weighted by atomic mass is 35.5. The minimum atomic E-state index is -0.431. The van der Waals surface area contributed by atoms with E-state index >= 15 is 0 Å². The largest absolute Gasteiger partial charge is 0.373 e. The van der Waals surface area contributed by atoms with Gasteiger partial charge in [0.2, 0.25) is 5.91 Å². The van der Waals surface area contributed by atoms with E-state index in [4.69, 9.17) is 16.9 Å². The molecule has 5 heteroatoms. The summed E-state index contributed by atoms with van der Waals surface area (Å²) in [6, 6.07) is 6.69. The van der Waals surface area contributed by atoms with Crippen LogP contribution in [0.4, 0.5) is 5.69 Å². The van der Waals surface area contributed by atoms with Crippen LogP contribution in [0, 0.1) is 11.3 Å². The van der Waals surface area contributed by atoms with Crippen molar-refractivity contribution in [3.05, 3.63) is 28.8 Å². The first-order valence-electron chi connectivity index (χ1n) is 6.24. The number of nitrogens with one attached hydrogen (secondary N) is 2. The zero-order valence-electron chi connectivity index (χ0n) is 11.3. The quantitative estimate of drug-likeness (QED) is 0.871. The second-order valence-corrected chi connectivity index (χ2v) is 4.92. The van der Waals surface area contributed by atoms with Gasteiger partial charge in [-0.05, 0) is 38.5 Å². The number of hydrogen-bond donors (Lipinski definition) is 2. The molecular weight excluding hydrogens is 262 g/mol. The van der Waals surface area contributed by atoms with Gasteiger partial charge in [-0.15, -0.1) is 0 Å². The molecule has 2 atom stereocenters. The van der Waals surface area contributed by atoms with Crippen LogP contribution in [0.25, 0.3) is 0 Å². The van der Waals surface area contributed by atoms with Gasteiger partial charge in [0.1, 0.15) is 12.1 Å². The van der Waals surface area contributed by atoms with Gasteiger partial charge >= 0.3 is 0 Å². The van der Waals surface area contributed by atoms with Crippen molar-refractivity contribution in [1.82, 2.24) is 5.32 Å². The van der Waals surface area contributed by atoms with Crippen LogP contribution in [-0.4, -0.2) is 18.0 Å². The molecule has 4 nitrogen and oxygen atoms in total. The van der Waals surface area contributed by atoms with Crippen molar-refractivity contribution in [2.45, 2.75) is 39.3 Å². The summed E-state index contributed by atoms with van der Waals surface area (Å²) < 4.78 is 0. The van der Waals surface area contributed by atoms with Gasteiger partial charge in [0.05, 0.1) is 11.3 Å². The number of nitrogens with zero attached hydrogens (tertiary/aromatic N) is 1. The zero-order chi connectivity index (χ0) is 14.4. The van der Waals surface area contributed by atoms with E-state index in [0.29, 0.717) is 16.3 Å². The molecule has 1 aromatic rings. The highest BCUT2D eigenvalue weighted by Gasteiger charge is 2.15. The Morgan fingerprint density at radius 3 is 2.74 bits per heavy atom. The summed E-state index contributed by atoms with van der Waals surface area (Å²) in [5.74, 6) is -0.0989. The first-order chi connectivity index (χ1) is 8.97. The molecule has 102 valence electrons. The highest BCUT2D eigenvalue weighted by molar-refractivity contribution is 6.30. The predicted octanol–water partition coefficient (Wildman–Crippen LogP) is 2.93. The van der Waals surface area contributed by atoms with Crippen molar-refractivity contribution in [2.75, 3.05) is 5.32 Å². The van der Waals surface area contributed by atoms with Gasteiger partial charge in [-0.1, -0.05) is 18.5 Å². The number of halogens is 1. The predicted molar refractivity (Wildman–Crippen MR) is 77.1 cm³/mol. The normalized spacial score (nSPS) is 13.2. The third kappa shape index (κ3) is 4.46. The van der Waals surface area contributed by atoms with E-state index < -0.39 is 6.04 Å². The lowest BCUT2D eigenvalue weighted by Crippen LogP contribution is -2.41. The highest BCUT2D eigenvalue weighted by Crippen LogP contribution is 2.21. The summed E-state index contributed by atoms with van der Waals surface area (Å²) >= 11 is 5.89. The molecule has 0 aromatic heterocycles. The third-order valence-corrected chi connectivity index (χ3v) is 3.10. The molecule has 1 rings (SSSR count). The van der Waals surface area contributed by atoms with Crippen molar-refractivity contribution < 1.29 is 4.79 Å². The van der Waals surface area contributed by atoms with Crippen molar-refractivity contribution >= 4 is 23.2 Å². The van der Waals surface area contributed by atoms with Crippen molar-refractivity contribution in [2.24, 2.45) is 0 Å². The Bertz CT molecular complexity index is 496. The molecule has 1 amide bonds. The fourth-order valence-corrected chi connectivity index (χ4v) is 1.67. The van der Waals surface area contributed by atoms with E-state index in [1.54, 1.807) is 25.1 Å². The standard InChI is InChI=1S/C14H18ClN3O/c1-4-9(2)17-14(19)10(3)18-13-7-12(15)6-5-11(13)8-16/h5-7,9-10,18H,4H2,1-3H3,(H,17,19). The molecule has 0 aliphatic rings. The summed E-state index contributed by atoms with van der Waals surface area (Å²) in [5, 5.41) is 15.4. The SMILES string of the molecule is CCC(C)NC(=O)C(C)Nc1cc(Cl)ccc1C#N. The van der Waals surface area contributed by atoms with Crippen molar-refractivity contribution in [3.8, 4) is 6.07 Å². The fourth-order valence-electron chi connectivity index (χ4n) is 1.50. The molecule has 0 saturated carbocycles. The van der Waals surface area contributed by atoms with Crippen LogP contribution in [-0.2, 0) is 4.79 Å². The number of anilines is 1. The van der Waals surface area contributed by atoms with E-state index in [2.05, 4.69) is 16.7 Å². The van der Waals surface area contributed by atoms with Gasteiger partial charge in [-0.25, -0.2) is 0 Å². The molecule has 0 heterocycles. The van der Waals surface area contributed by atoms with E-state index in [-0.39, 0.29) is 11.9 Å². The van der Waals surface area contributed by atoms with Crippen LogP contribution in [0.5, 0.6) is 0 Å². The molecule has 0 fully saturated rings. The number of nitriles is 1. The molecule has 0 radical (unpaired) electrons. The van der Waals surface area contributed by atoms with E-state index in [1.807, 2.05) is 13.8 Å². The number of hydrogen-bond acceptors (Lipinski definition) is 3. The monoisotopic (exact) mass is 279 g/mol. The minimum Gasteiger partial charge on any atom is -0.373 e. The summed E-state index contributed by atoms with van der Waals surface area (Å²) in [6.45, 7) is 5.71. The summed E-state index contributed by atoms with van der Waals surface area (Å²) in [7, 11) is 0. The van der Waals surface area contributed by atoms with E-state index in [1.165, 1.54) is 0 Å². The Hall–Kier alpha value is -1.73. The third-order valence-electron chi connectivity index (χ3n) is 2.87. The first-order valence-corrected chi connectivity index (χ1v) is 6.62. The molecule has 0 aliphatic heterocycles. The lowest BCUT2D eigenvalue weighted by molar-refractivity contribution is -0.122. The maximum atomic E-state index is 11.9. The zero-order valence-corrected chi connectivity index (χ0v) is 12.1. The number of carbonyl (C=O) groups excluding carboxylic acids is 1. The number of benzene rings is 1. The minimum absolute atomic E-state index is 0.0989. The molecule has 1 aromatic carbocycles. The van der Waals surface area contributed by atoms with Crippen LogP contribution >= 0.6 is 11.6 Å². The number of amides is 1. The van der Waals surface area contributed by atoms with Gasteiger partial charge in [0.25, 0.3) is 0 Å². The van der Waals surface area contributed by atoms with Crippen LogP contribution < -0.4 is 10.6 Å². The molecule has 0 spiro atoms. The Labute approximate surface area is 118 Å². The van der Waals surface area contributed by atoms with Crippen LogP contribution in [0.1, 0.15) is 32.8 Å². The smallest absolute Gasteiger partial charge is 0.242 e. The molecule has 2 N–H and O–H groups in total. The average Bonchev–Trinajstić information content (AvgIpc) is 2.38. The Morgan fingerprint density at radius 2 is 2.16 bits per heavy atom. The van der Waals surface area contributed by atoms with Gasteiger partial charge < -0.3 is 10.6 Å². The number of rotatable bonds is 5. The van der Waals surface area contributed by atoms with Gasteiger partial charge in [-0.2, -0.15) is 5.26 Å². The topological polar surface area (TPSA) is 64.9 Å².